The van der Waals surface area contributed by atoms with E-state index in [4.69, 9.17) is 4.74 Å². The Kier molecular flexibility index (Phi) is 7.79. The van der Waals surface area contributed by atoms with Gasteiger partial charge in [0.05, 0.1) is 0 Å². The van der Waals surface area contributed by atoms with Crippen molar-refractivity contribution in [2.24, 2.45) is 5.92 Å². The topological polar surface area (TPSA) is 53.0 Å². The molecule has 5 nitrogen and oxygen atoms in total. The van der Waals surface area contributed by atoms with Gasteiger partial charge in [0.1, 0.15) is 12.5 Å². The third kappa shape index (κ3) is 4.41. The third-order valence-corrected chi connectivity index (χ3v) is 4.28. The summed E-state index contributed by atoms with van der Waals surface area (Å²) in [7, 11) is 0. The predicted octanol–water partition coefficient (Wildman–Crippen LogP) is 1.64. The van der Waals surface area contributed by atoms with Crippen molar-refractivity contribution in [2.75, 3.05) is 39.3 Å². The van der Waals surface area contributed by atoms with Crippen LogP contribution in [0.15, 0.2) is 24.3 Å². The van der Waals surface area contributed by atoms with Crippen LogP contribution in [0.3, 0.4) is 0 Å². The van der Waals surface area contributed by atoms with Gasteiger partial charge >= 0.3 is 5.97 Å². The molecule has 0 aromatic heterocycles. The first kappa shape index (κ1) is 18.9. The van der Waals surface area contributed by atoms with Gasteiger partial charge in [-0.2, -0.15) is 0 Å². The number of allylic oxidation sites excluding steroid dienone is 2. The van der Waals surface area contributed by atoms with Crippen LogP contribution < -0.4 is 0 Å². The maximum absolute atomic E-state index is 12.4. The number of esters is 1. The highest BCUT2D eigenvalue weighted by molar-refractivity contribution is 5.77. The molecule has 22 heavy (non-hydrogen) atoms. The van der Waals surface area contributed by atoms with Crippen molar-refractivity contribution in [2.45, 2.75) is 33.4 Å². The third-order valence-electron chi connectivity index (χ3n) is 4.28. The molecule has 0 spiro atoms. The first-order chi connectivity index (χ1) is 10.5. The van der Waals surface area contributed by atoms with Gasteiger partial charge in [-0.15, -0.1) is 0 Å². The van der Waals surface area contributed by atoms with Crippen molar-refractivity contribution in [1.82, 2.24) is 9.80 Å². The molecule has 0 saturated heterocycles. The highest BCUT2D eigenvalue weighted by Gasteiger charge is 2.43. The van der Waals surface area contributed by atoms with Crippen LogP contribution in [-0.2, 0) is 9.53 Å². The van der Waals surface area contributed by atoms with Crippen LogP contribution in [0.5, 0.6) is 0 Å². The molecule has 0 aromatic carbocycles. The van der Waals surface area contributed by atoms with E-state index in [9.17, 15) is 9.90 Å². The minimum Gasteiger partial charge on any atom is -0.464 e. The van der Waals surface area contributed by atoms with Crippen molar-refractivity contribution in [1.29, 1.82) is 0 Å². The molecule has 1 aliphatic rings. The minimum atomic E-state index is -1.30. The van der Waals surface area contributed by atoms with Crippen molar-refractivity contribution >= 4 is 5.97 Å². The molecule has 0 heterocycles. The first-order valence-corrected chi connectivity index (χ1v) is 8.25. The van der Waals surface area contributed by atoms with E-state index in [0.29, 0.717) is 26.2 Å². The number of carbonyl (C=O) groups is 1. The molecule has 1 rings (SSSR count). The molecule has 0 amide bonds. The molecule has 0 saturated carbocycles. The highest BCUT2D eigenvalue weighted by atomic mass is 16.5. The van der Waals surface area contributed by atoms with Gasteiger partial charge in [-0.05, 0) is 32.3 Å². The summed E-state index contributed by atoms with van der Waals surface area (Å²) >= 11 is 0. The number of likely N-dealkylation sites (N-methyl/N-ethyl adjacent to an activating group) is 2. The van der Waals surface area contributed by atoms with E-state index in [1.807, 2.05) is 18.7 Å². The number of aliphatic hydroxyl groups is 1. The average molecular weight is 310 g/mol. The lowest BCUT2D eigenvalue weighted by Gasteiger charge is -2.41. The average Bonchev–Trinajstić information content (AvgIpc) is 2.52. The molecule has 0 bridgehead atoms. The predicted molar refractivity (Wildman–Crippen MR) is 88.4 cm³/mol. The zero-order valence-electron chi connectivity index (χ0n) is 14.3. The molecule has 1 N–H and O–H groups in total. The van der Waals surface area contributed by atoms with Crippen LogP contribution in [0.4, 0.5) is 0 Å². The Balaban J connectivity index is 2.69. The Morgan fingerprint density at radius 3 is 2.32 bits per heavy atom. The Labute approximate surface area is 134 Å². The van der Waals surface area contributed by atoms with Crippen LogP contribution in [-0.4, -0.2) is 65.9 Å². The van der Waals surface area contributed by atoms with Crippen molar-refractivity contribution in [3.63, 3.8) is 0 Å². The fourth-order valence-corrected chi connectivity index (χ4v) is 2.81. The summed E-state index contributed by atoms with van der Waals surface area (Å²) in [6.07, 6.45) is 6.96. The summed E-state index contributed by atoms with van der Waals surface area (Å²) < 4.78 is 5.40. The van der Waals surface area contributed by atoms with E-state index in [0.717, 1.165) is 13.1 Å². The van der Waals surface area contributed by atoms with Gasteiger partial charge in [-0.25, -0.2) is 0 Å². The summed E-state index contributed by atoms with van der Waals surface area (Å²) in [4.78, 5) is 16.5. The molecule has 0 fully saturated rings. The highest BCUT2D eigenvalue weighted by Crippen LogP contribution is 2.29. The molecule has 2 unspecified atom stereocenters. The summed E-state index contributed by atoms with van der Waals surface area (Å²) in [5, 5.41) is 10.9. The monoisotopic (exact) mass is 310 g/mol. The number of hydrogen-bond donors (Lipinski definition) is 1. The number of hydrogen-bond acceptors (Lipinski definition) is 5. The minimum absolute atomic E-state index is 0.350. The van der Waals surface area contributed by atoms with Crippen LogP contribution in [0.25, 0.3) is 0 Å². The van der Waals surface area contributed by atoms with Crippen LogP contribution in [0.2, 0.25) is 0 Å². The largest absolute Gasteiger partial charge is 0.464 e. The summed E-state index contributed by atoms with van der Waals surface area (Å²) in [5.41, 5.74) is -1.30. The van der Waals surface area contributed by atoms with Crippen LogP contribution in [0.1, 0.15) is 27.7 Å². The van der Waals surface area contributed by atoms with Gasteiger partial charge in [0.25, 0.3) is 0 Å². The molecular formula is C17H30N2O3. The normalized spacial score (nSPS) is 24.2. The molecule has 126 valence electrons. The zero-order chi connectivity index (χ0) is 16.6. The lowest BCUT2D eigenvalue weighted by Crippen LogP contribution is -2.55. The summed E-state index contributed by atoms with van der Waals surface area (Å²) in [6.45, 7) is 12.4. The number of rotatable bonds is 9. The quantitative estimate of drug-likeness (QED) is 0.518. The second-order valence-corrected chi connectivity index (χ2v) is 5.37. The van der Waals surface area contributed by atoms with Gasteiger partial charge < -0.3 is 14.7 Å². The van der Waals surface area contributed by atoms with Crippen molar-refractivity contribution in [3.8, 4) is 0 Å². The SMILES string of the molecule is CCN(CC)CCOC(=O)C1C=CC=CC1(O)N(CC)CC. The Bertz CT molecular complexity index is 401. The standard InChI is InChI=1S/C17H30N2O3/c1-5-18(6-2)13-14-22-16(20)15-11-9-10-12-17(15,21)19(7-3)8-4/h9-12,15,21H,5-8,13-14H2,1-4H3. The smallest absolute Gasteiger partial charge is 0.317 e. The lowest BCUT2D eigenvalue weighted by atomic mass is 9.89. The van der Waals surface area contributed by atoms with Gasteiger partial charge in [-0.3, -0.25) is 9.69 Å². The number of ether oxygens (including phenoxy) is 1. The number of nitrogens with zero attached hydrogens (tertiary/aromatic N) is 2. The van der Waals surface area contributed by atoms with Gasteiger partial charge in [0.15, 0.2) is 5.72 Å². The van der Waals surface area contributed by atoms with Crippen LogP contribution in [0, 0.1) is 5.92 Å². The Morgan fingerprint density at radius 1 is 1.14 bits per heavy atom. The maximum atomic E-state index is 12.4. The molecule has 2 atom stereocenters. The van der Waals surface area contributed by atoms with E-state index in [1.165, 1.54) is 0 Å². The van der Waals surface area contributed by atoms with Crippen LogP contribution >= 0.6 is 0 Å². The molecular weight excluding hydrogens is 280 g/mol. The summed E-state index contributed by atoms with van der Waals surface area (Å²) in [5.74, 6) is -1.06. The zero-order valence-corrected chi connectivity index (χ0v) is 14.3. The van der Waals surface area contributed by atoms with Gasteiger partial charge in [0, 0.05) is 6.54 Å². The van der Waals surface area contributed by atoms with Gasteiger partial charge in [0.2, 0.25) is 0 Å². The van der Waals surface area contributed by atoms with E-state index in [1.54, 1.807) is 24.3 Å². The van der Waals surface area contributed by atoms with E-state index in [2.05, 4.69) is 18.7 Å². The molecule has 0 radical (unpaired) electrons. The van der Waals surface area contributed by atoms with Crippen molar-refractivity contribution < 1.29 is 14.6 Å². The Hall–Kier alpha value is -1.17. The molecule has 0 aromatic rings. The number of carbonyl (C=O) groups excluding carboxylic acids is 1. The fourth-order valence-electron chi connectivity index (χ4n) is 2.81. The van der Waals surface area contributed by atoms with E-state index < -0.39 is 11.6 Å². The maximum Gasteiger partial charge on any atom is 0.317 e. The second-order valence-electron chi connectivity index (χ2n) is 5.37. The molecule has 0 aliphatic heterocycles. The van der Waals surface area contributed by atoms with Gasteiger partial charge in [-0.1, -0.05) is 45.9 Å². The van der Waals surface area contributed by atoms with E-state index in [-0.39, 0.29) is 5.97 Å². The molecule has 5 heteroatoms. The Morgan fingerprint density at radius 2 is 1.77 bits per heavy atom. The second kappa shape index (κ2) is 9.08. The first-order valence-electron chi connectivity index (χ1n) is 8.25. The molecule has 1 aliphatic carbocycles. The fraction of sp³-hybridized carbons (Fsp3) is 0.706. The lowest BCUT2D eigenvalue weighted by molar-refractivity contribution is -0.165. The van der Waals surface area contributed by atoms with E-state index >= 15 is 0 Å². The van der Waals surface area contributed by atoms with Crippen molar-refractivity contribution in [3.05, 3.63) is 24.3 Å². The summed E-state index contributed by atoms with van der Waals surface area (Å²) in [6, 6.07) is 0.